The molecule has 1 unspecified atom stereocenters. The minimum Gasteiger partial charge on any atom is -0.0854 e. The molecule has 3 rings (SSSR count). The molecule has 0 aliphatic carbocycles. The van der Waals surface area contributed by atoms with Crippen LogP contribution in [-0.2, 0) is 0 Å². The van der Waals surface area contributed by atoms with Gasteiger partial charge in [-0.1, -0.05) is 102 Å². The third-order valence-corrected chi connectivity index (χ3v) is 4.29. The molecule has 0 saturated heterocycles. The highest BCUT2D eigenvalue weighted by Gasteiger charge is 2.10. The molecule has 0 aliphatic rings. The van der Waals surface area contributed by atoms with Crippen molar-refractivity contribution in [3.05, 3.63) is 112 Å². The molecular formula is C23H16Cl2. The molecule has 2 heteroatoms. The molecule has 0 bridgehead atoms. The third-order valence-electron chi connectivity index (χ3n) is 3.72. The van der Waals surface area contributed by atoms with Crippen molar-refractivity contribution in [1.82, 2.24) is 0 Å². The Kier molecular flexibility index (Phi) is 5.96. The maximum absolute atomic E-state index is 6.40. The molecule has 0 saturated carbocycles. The Morgan fingerprint density at radius 3 is 2.16 bits per heavy atom. The van der Waals surface area contributed by atoms with Gasteiger partial charge in [0.25, 0.3) is 0 Å². The number of hydrogen-bond acceptors (Lipinski definition) is 0. The van der Waals surface area contributed by atoms with E-state index >= 15 is 0 Å². The fourth-order valence-electron chi connectivity index (χ4n) is 2.44. The Balaban J connectivity index is 1.96. The predicted octanol–water partition coefficient (Wildman–Crippen LogP) is 6.84. The summed E-state index contributed by atoms with van der Waals surface area (Å²) in [6.45, 7) is 0. The van der Waals surface area contributed by atoms with Gasteiger partial charge in [0.2, 0.25) is 0 Å². The standard InChI is InChI=1S/C23H16Cl2/c24-21-15-16-22(23(25)17-21)20(13-11-18-7-3-1-4-8-18)14-12-19-9-5-2-6-10-19/h1-11,13,15-17,20H/b13-11+. The fourth-order valence-corrected chi connectivity index (χ4v) is 2.96. The van der Waals surface area contributed by atoms with Crippen LogP contribution in [0.5, 0.6) is 0 Å². The van der Waals surface area contributed by atoms with E-state index in [0.29, 0.717) is 10.0 Å². The van der Waals surface area contributed by atoms with Gasteiger partial charge in [-0.05, 0) is 35.4 Å². The van der Waals surface area contributed by atoms with Crippen molar-refractivity contribution in [2.75, 3.05) is 0 Å². The van der Waals surface area contributed by atoms with Gasteiger partial charge in [0.05, 0.1) is 5.92 Å². The van der Waals surface area contributed by atoms with E-state index in [1.807, 2.05) is 60.7 Å². The molecule has 0 N–H and O–H groups in total. The van der Waals surface area contributed by atoms with Gasteiger partial charge < -0.3 is 0 Å². The summed E-state index contributed by atoms with van der Waals surface area (Å²) in [6, 6.07) is 25.6. The van der Waals surface area contributed by atoms with Crippen molar-refractivity contribution in [1.29, 1.82) is 0 Å². The zero-order chi connectivity index (χ0) is 17.5. The SMILES string of the molecule is Clc1ccc(C(C#Cc2ccccc2)/C=C/c2ccccc2)c(Cl)c1. The first-order chi connectivity index (χ1) is 12.2. The summed E-state index contributed by atoms with van der Waals surface area (Å²) in [4.78, 5) is 0. The molecule has 0 aliphatic heterocycles. The van der Waals surface area contributed by atoms with Gasteiger partial charge in [-0.3, -0.25) is 0 Å². The van der Waals surface area contributed by atoms with Crippen molar-refractivity contribution in [3.63, 3.8) is 0 Å². The molecule has 122 valence electrons. The topological polar surface area (TPSA) is 0 Å². The molecule has 25 heavy (non-hydrogen) atoms. The first-order valence-corrected chi connectivity index (χ1v) is 8.73. The molecule has 0 spiro atoms. The lowest BCUT2D eigenvalue weighted by atomic mass is 9.97. The Morgan fingerprint density at radius 1 is 0.800 bits per heavy atom. The van der Waals surface area contributed by atoms with Crippen LogP contribution in [0.25, 0.3) is 6.08 Å². The van der Waals surface area contributed by atoms with Crippen molar-refractivity contribution >= 4 is 29.3 Å². The summed E-state index contributed by atoms with van der Waals surface area (Å²) in [5.41, 5.74) is 3.05. The van der Waals surface area contributed by atoms with E-state index < -0.39 is 0 Å². The number of rotatable bonds is 3. The zero-order valence-electron chi connectivity index (χ0n) is 13.5. The molecule has 0 fully saturated rings. The van der Waals surface area contributed by atoms with Crippen LogP contribution >= 0.6 is 23.2 Å². The van der Waals surface area contributed by atoms with Crippen LogP contribution in [-0.4, -0.2) is 0 Å². The molecule has 0 amide bonds. The summed E-state index contributed by atoms with van der Waals surface area (Å²) in [7, 11) is 0. The number of hydrogen-bond donors (Lipinski definition) is 0. The fraction of sp³-hybridized carbons (Fsp3) is 0.0435. The van der Waals surface area contributed by atoms with E-state index in [0.717, 1.165) is 16.7 Å². The summed E-state index contributed by atoms with van der Waals surface area (Å²) < 4.78 is 0. The predicted molar refractivity (Wildman–Crippen MR) is 108 cm³/mol. The normalized spacial score (nSPS) is 11.8. The monoisotopic (exact) mass is 362 g/mol. The van der Waals surface area contributed by atoms with Gasteiger partial charge in [-0.2, -0.15) is 0 Å². The van der Waals surface area contributed by atoms with Crippen molar-refractivity contribution in [2.24, 2.45) is 0 Å². The summed E-state index contributed by atoms with van der Waals surface area (Å²) in [6.07, 6.45) is 4.13. The Morgan fingerprint density at radius 2 is 1.48 bits per heavy atom. The van der Waals surface area contributed by atoms with Gasteiger partial charge in [-0.25, -0.2) is 0 Å². The van der Waals surface area contributed by atoms with Crippen LogP contribution in [0.4, 0.5) is 0 Å². The minimum atomic E-state index is -0.120. The lowest BCUT2D eigenvalue weighted by Gasteiger charge is -2.09. The van der Waals surface area contributed by atoms with Crippen LogP contribution < -0.4 is 0 Å². The zero-order valence-corrected chi connectivity index (χ0v) is 15.0. The average Bonchev–Trinajstić information content (AvgIpc) is 2.64. The van der Waals surface area contributed by atoms with Crippen LogP contribution in [0, 0.1) is 11.8 Å². The van der Waals surface area contributed by atoms with Gasteiger partial charge in [0.15, 0.2) is 0 Å². The van der Waals surface area contributed by atoms with Crippen LogP contribution in [0.1, 0.15) is 22.6 Å². The van der Waals surface area contributed by atoms with Crippen molar-refractivity contribution < 1.29 is 0 Å². The van der Waals surface area contributed by atoms with E-state index in [-0.39, 0.29) is 5.92 Å². The van der Waals surface area contributed by atoms with E-state index in [2.05, 4.69) is 36.1 Å². The quantitative estimate of drug-likeness (QED) is 0.447. The Hall–Kier alpha value is -2.46. The molecule has 0 aromatic heterocycles. The molecule has 0 radical (unpaired) electrons. The summed E-state index contributed by atoms with van der Waals surface area (Å²) in [5.74, 6) is 6.43. The van der Waals surface area contributed by atoms with Gasteiger partial charge in [0, 0.05) is 15.6 Å². The second-order valence-corrected chi connectivity index (χ2v) is 6.39. The largest absolute Gasteiger partial charge is 0.0854 e. The van der Waals surface area contributed by atoms with E-state index in [9.17, 15) is 0 Å². The summed E-state index contributed by atoms with van der Waals surface area (Å²) in [5, 5.41) is 1.24. The summed E-state index contributed by atoms with van der Waals surface area (Å²) >= 11 is 12.4. The first kappa shape index (κ1) is 17.4. The van der Waals surface area contributed by atoms with Crippen molar-refractivity contribution in [3.8, 4) is 11.8 Å². The maximum Gasteiger partial charge on any atom is 0.0654 e. The molecule has 0 heterocycles. The lowest BCUT2D eigenvalue weighted by molar-refractivity contribution is 1.13. The van der Waals surface area contributed by atoms with Crippen LogP contribution in [0.15, 0.2) is 84.9 Å². The maximum atomic E-state index is 6.40. The smallest absolute Gasteiger partial charge is 0.0654 e. The van der Waals surface area contributed by atoms with Crippen LogP contribution in [0.2, 0.25) is 10.0 Å². The Bertz CT molecular complexity index is 917. The number of benzene rings is 3. The highest BCUT2D eigenvalue weighted by molar-refractivity contribution is 6.35. The second-order valence-electron chi connectivity index (χ2n) is 5.55. The lowest BCUT2D eigenvalue weighted by Crippen LogP contribution is -1.93. The highest BCUT2D eigenvalue weighted by Crippen LogP contribution is 2.29. The molecule has 0 nitrogen and oxygen atoms in total. The van der Waals surface area contributed by atoms with Crippen LogP contribution in [0.3, 0.4) is 0 Å². The number of halogens is 2. The van der Waals surface area contributed by atoms with Crippen molar-refractivity contribution in [2.45, 2.75) is 5.92 Å². The highest BCUT2D eigenvalue weighted by atomic mass is 35.5. The molecular weight excluding hydrogens is 347 g/mol. The third kappa shape index (κ3) is 5.00. The van der Waals surface area contributed by atoms with Gasteiger partial charge >= 0.3 is 0 Å². The molecule has 1 atom stereocenters. The molecule has 3 aromatic rings. The average molecular weight is 363 g/mol. The Labute approximate surface area is 158 Å². The second kappa shape index (κ2) is 8.58. The minimum absolute atomic E-state index is 0.120. The first-order valence-electron chi connectivity index (χ1n) is 7.97. The van der Waals surface area contributed by atoms with E-state index in [1.165, 1.54) is 0 Å². The molecule has 3 aromatic carbocycles. The van der Waals surface area contributed by atoms with Gasteiger partial charge in [0.1, 0.15) is 0 Å². The number of allylic oxidation sites excluding steroid dienone is 1. The van der Waals surface area contributed by atoms with Gasteiger partial charge in [-0.15, -0.1) is 0 Å². The van der Waals surface area contributed by atoms with E-state index in [1.54, 1.807) is 6.07 Å². The van der Waals surface area contributed by atoms with E-state index in [4.69, 9.17) is 23.2 Å².